The first kappa shape index (κ1) is 52.2. The molecular formula is C44H90N2O6P+. The average molecular weight is 774 g/mol. The lowest BCUT2D eigenvalue weighted by atomic mass is 10.0. The van der Waals surface area contributed by atoms with Crippen LogP contribution in [0.1, 0.15) is 207 Å². The van der Waals surface area contributed by atoms with Crippen LogP contribution in [-0.2, 0) is 18.4 Å². The van der Waals surface area contributed by atoms with E-state index in [1.807, 2.05) is 27.2 Å². The zero-order valence-corrected chi connectivity index (χ0v) is 36.8. The first-order valence-electron chi connectivity index (χ1n) is 22.4. The van der Waals surface area contributed by atoms with Crippen molar-refractivity contribution in [2.24, 2.45) is 5.92 Å². The van der Waals surface area contributed by atoms with Gasteiger partial charge in [0.05, 0.1) is 39.9 Å². The topological polar surface area (TPSA) is 105 Å². The molecule has 8 nitrogen and oxygen atoms in total. The fraction of sp³-hybridized carbons (Fsp3) is 0.932. The number of amides is 1. The van der Waals surface area contributed by atoms with Crippen LogP contribution in [0.15, 0.2) is 12.2 Å². The molecule has 3 atom stereocenters. The van der Waals surface area contributed by atoms with Gasteiger partial charge in [0.1, 0.15) is 13.2 Å². The molecule has 0 aliphatic heterocycles. The van der Waals surface area contributed by atoms with Crippen molar-refractivity contribution in [3.8, 4) is 0 Å². The van der Waals surface area contributed by atoms with Gasteiger partial charge in [-0.05, 0) is 25.2 Å². The highest BCUT2D eigenvalue weighted by atomic mass is 31.2. The molecular weight excluding hydrogens is 683 g/mol. The van der Waals surface area contributed by atoms with Crippen LogP contribution >= 0.6 is 7.82 Å². The maximum absolute atomic E-state index is 12.9. The van der Waals surface area contributed by atoms with Crippen LogP contribution in [-0.4, -0.2) is 73.4 Å². The number of allylic oxidation sites excluding steroid dienone is 1. The molecule has 0 saturated carbocycles. The molecule has 0 aliphatic carbocycles. The second kappa shape index (κ2) is 35.6. The van der Waals surface area contributed by atoms with Crippen LogP contribution in [0, 0.1) is 5.92 Å². The van der Waals surface area contributed by atoms with Crippen molar-refractivity contribution in [2.45, 2.75) is 219 Å². The molecule has 0 saturated heterocycles. The van der Waals surface area contributed by atoms with Crippen LogP contribution in [0.4, 0.5) is 0 Å². The van der Waals surface area contributed by atoms with Crippen molar-refractivity contribution in [2.75, 3.05) is 40.9 Å². The molecule has 0 aromatic rings. The van der Waals surface area contributed by atoms with Gasteiger partial charge in [0.15, 0.2) is 0 Å². The summed E-state index contributed by atoms with van der Waals surface area (Å²) in [5.74, 6) is 0.615. The highest BCUT2D eigenvalue weighted by Gasteiger charge is 2.27. The number of quaternary nitrogens is 1. The molecule has 0 heterocycles. The van der Waals surface area contributed by atoms with Crippen LogP contribution < -0.4 is 5.32 Å². The summed E-state index contributed by atoms with van der Waals surface area (Å²) in [6, 6.07) is -0.840. The Bertz CT molecular complexity index is 894. The number of carbonyl (C=O) groups excluding carboxylic acids is 1. The molecule has 1 unspecified atom stereocenters. The number of nitrogens with zero attached hydrogens (tertiary/aromatic N) is 1. The summed E-state index contributed by atoms with van der Waals surface area (Å²) in [6.07, 6.45) is 38.6. The molecule has 1 amide bonds. The van der Waals surface area contributed by atoms with Gasteiger partial charge < -0.3 is 19.8 Å². The predicted octanol–water partition coefficient (Wildman–Crippen LogP) is 12.2. The summed E-state index contributed by atoms with van der Waals surface area (Å²) in [7, 11) is 1.58. The number of nitrogens with one attached hydrogen (secondary N) is 1. The summed E-state index contributed by atoms with van der Waals surface area (Å²) in [5.41, 5.74) is 0. The van der Waals surface area contributed by atoms with E-state index in [2.05, 4.69) is 26.1 Å². The highest BCUT2D eigenvalue weighted by Crippen LogP contribution is 2.43. The minimum Gasteiger partial charge on any atom is -0.387 e. The van der Waals surface area contributed by atoms with Crippen molar-refractivity contribution in [1.82, 2.24) is 5.32 Å². The predicted molar refractivity (Wildman–Crippen MR) is 226 cm³/mol. The number of unbranched alkanes of at least 4 members (excludes halogenated alkanes) is 25. The molecule has 0 fully saturated rings. The van der Waals surface area contributed by atoms with E-state index in [4.69, 9.17) is 9.05 Å². The van der Waals surface area contributed by atoms with E-state index in [0.29, 0.717) is 17.4 Å². The van der Waals surface area contributed by atoms with Gasteiger partial charge in [-0.3, -0.25) is 13.8 Å². The standard InChI is InChI=1S/C44H89N2O6P/c1-7-8-9-10-11-12-13-14-15-16-17-18-19-20-21-25-28-31-34-37-44(48)45-42(40-52-53(49,50)51-39-38-46(4,5)6)43(47)36-33-30-27-24-22-23-26-29-32-35-41(2)3/h33,36,41-43,47H,7-32,34-35,37-40H2,1-6H3,(H-,45,48,49,50)/p+1/b36-33+/t42-,43+/m0/s1. The van der Waals surface area contributed by atoms with E-state index < -0.39 is 20.0 Å². The van der Waals surface area contributed by atoms with Crippen LogP contribution in [0.3, 0.4) is 0 Å². The van der Waals surface area contributed by atoms with E-state index in [9.17, 15) is 19.4 Å². The van der Waals surface area contributed by atoms with Gasteiger partial charge in [-0.25, -0.2) is 4.57 Å². The Hall–Kier alpha value is -0.760. The molecule has 316 valence electrons. The number of hydrogen-bond donors (Lipinski definition) is 3. The zero-order valence-electron chi connectivity index (χ0n) is 35.9. The van der Waals surface area contributed by atoms with E-state index in [0.717, 1.165) is 44.4 Å². The summed E-state index contributed by atoms with van der Waals surface area (Å²) < 4.78 is 23.5. The van der Waals surface area contributed by atoms with Gasteiger partial charge in [0.2, 0.25) is 5.91 Å². The normalized spacial score (nSPS) is 14.6. The first-order valence-corrected chi connectivity index (χ1v) is 23.9. The number of phosphoric acid groups is 1. The van der Waals surface area contributed by atoms with Gasteiger partial charge in [-0.2, -0.15) is 0 Å². The van der Waals surface area contributed by atoms with Gasteiger partial charge in [0.25, 0.3) is 0 Å². The fourth-order valence-corrected chi connectivity index (χ4v) is 7.31. The van der Waals surface area contributed by atoms with Gasteiger partial charge in [0, 0.05) is 6.42 Å². The number of carbonyl (C=O) groups is 1. The van der Waals surface area contributed by atoms with Gasteiger partial charge >= 0.3 is 7.82 Å². The summed E-state index contributed by atoms with van der Waals surface area (Å²) >= 11 is 0. The van der Waals surface area contributed by atoms with Crippen molar-refractivity contribution < 1.29 is 32.9 Å². The Kier molecular flexibility index (Phi) is 35.1. The molecule has 53 heavy (non-hydrogen) atoms. The van der Waals surface area contributed by atoms with Gasteiger partial charge in [-0.15, -0.1) is 0 Å². The average Bonchev–Trinajstić information content (AvgIpc) is 3.09. The van der Waals surface area contributed by atoms with Crippen molar-refractivity contribution in [3.63, 3.8) is 0 Å². The number of rotatable bonds is 40. The first-order chi connectivity index (χ1) is 25.4. The molecule has 3 N–H and O–H groups in total. The number of aliphatic hydroxyl groups is 1. The SMILES string of the molecule is CCCCCCCCCCCCCCCCCCCCCC(=O)N[C@@H](COP(=O)(O)OCC[N+](C)(C)C)[C@H](O)/C=C/CCCCCCCCCC(C)C. The lowest BCUT2D eigenvalue weighted by molar-refractivity contribution is -0.870. The third kappa shape index (κ3) is 39.3. The maximum Gasteiger partial charge on any atom is 0.472 e. The lowest BCUT2D eigenvalue weighted by Crippen LogP contribution is -2.45. The summed E-state index contributed by atoms with van der Waals surface area (Å²) in [4.78, 5) is 23.1. The van der Waals surface area contributed by atoms with Crippen LogP contribution in [0.5, 0.6) is 0 Å². The van der Waals surface area contributed by atoms with Crippen molar-refractivity contribution >= 4 is 13.7 Å². The Morgan fingerprint density at radius 1 is 0.679 bits per heavy atom. The maximum atomic E-state index is 12.9. The Labute approximate surface area is 329 Å². The second-order valence-electron chi connectivity index (χ2n) is 17.3. The Morgan fingerprint density at radius 2 is 1.11 bits per heavy atom. The monoisotopic (exact) mass is 774 g/mol. The quantitative estimate of drug-likeness (QED) is 0.0248. The van der Waals surface area contributed by atoms with Crippen LogP contribution in [0.25, 0.3) is 0 Å². The van der Waals surface area contributed by atoms with E-state index in [1.54, 1.807) is 6.08 Å². The minimum atomic E-state index is -4.33. The number of hydrogen-bond acceptors (Lipinski definition) is 5. The zero-order chi connectivity index (χ0) is 39.5. The van der Waals surface area contributed by atoms with E-state index >= 15 is 0 Å². The number of likely N-dealkylation sites (N-methyl/N-ethyl adjacent to an activating group) is 1. The molecule has 0 aromatic carbocycles. The fourth-order valence-electron chi connectivity index (χ4n) is 6.58. The molecule has 0 rings (SSSR count). The molecule has 0 aromatic heterocycles. The van der Waals surface area contributed by atoms with Crippen molar-refractivity contribution in [1.29, 1.82) is 0 Å². The van der Waals surface area contributed by atoms with Gasteiger partial charge in [-0.1, -0.05) is 193 Å². The molecule has 0 aliphatic rings. The largest absolute Gasteiger partial charge is 0.472 e. The molecule has 0 bridgehead atoms. The highest BCUT2D eigenvalue weighted by molar-refractivity contribution is 7.47. The van der Waals surface area contributed by atoms with E-state index in [1.165, 1.54) is 141 Å². The molecule has 9 heteroatoms. The lowest BCUT2D eigenvalue weighted by Gasteiger charge is -2.25. The Morgan fingerprint density at radius 3 is 1.57 bits per heavy atom. The number of aliphatic hydroxyl groups excluding tert-OH is 1. The third-order valence-corrected chi connectivity index (χ3v) is 11.2. The molecule has 0 radical (unpaired) electrons. The third-order valence-electron chi connectivity index (χ3n) is 10.2. The number of phosphoric ester groups is 1. The second-order valence-corrected chi connectivity index (χ2v) is 18.7. The molecule has 0 spiro atoms. The van der Waals surface area contributed by atoms with Crippen LogP contribution in [0.2, 0.25) is 0 Å². The van der Waals surface area contributed by atoms with E-state index in [-0.39, 0.29) is 19.1 Å². The summed E-state index contributed by atoms with van der Waals surface area (Å²) in [5, 5.41) is 13.8. The summed E-state index contributed by atoms with van der Waals surface area (Å²) in [6.45, 7) is 7.13. The minimum absolute atomic E-state index is 0.0636. The Balaban J connectivity index is 4.33. The van der Waals surface area contributed by atoms with Crippen molar-refractivity contribution in [3.05, 3.63) is 12.2 Å². The smallest absolute Gasteiger partial charge is 0.387 e.